The minimum atomic E-state index is -4.79. The molecule has 13 heteroatoms. The van der Waals surface area contributed by atoms with E-state index in [0.29, 0.717) is 24.2 Å². The van der Waals surface area contributed by atoms with Crippen molar-refractivity contribution >= 4 is 44.7 Å². The lowest BCUT2D eigenvalue weighted by Crippen LogP contribution is -2.53. The predicted molar refractivity (Wildman–Crippen MR) is 149 cm³/mol. The molecule has 2 aliphatic carbocycles. The van der Waals surface area contributed by atoms with Gasteiger partial charge in [-0.25, -0.2) is 9.97 Å². The van der Waals surface area contributed by atoms with E-state index < -0.39 is 35.7 Å². The summed E-state index contributed by atoms with van der Waals surface area (Å²) >= 11 is 1.52. The first-order valence-electron chi connectivity index (χ1n) is 14.3. The molecule has 4 aliphatic rings. The normalized spacial score (nSPS) is 27.2. The van der Waals surface area contributed by atoms with E-state index in [2.05, 4.69) is 15.3 Å². The van der Waals surface area contributed by atoms with E-state index in [4.69, 9.17) is 0 Å². The van der Waals surface area contributed by atoms with Crippen LogP contribution in [0.15, 0.2) is 17.2 Å². The Morgan fingerprint density at radius 3 is 2.57 bits per heavy atom. The smallest absolute Gasteiger partial charge is 0.380 e. The van der Waals surface area contributed by atoms with Gasteiger partial charge in [0.2, 0.25) is 5.91 Å². The molecule has 1 saturated heterocycles. The SMILES string of the molecule is Cc1cc(Nc2ncnc3sc4c(c23)CC[C@H](C(=O)N2CCC2)C4)c(=O)n2c1C(=O)CC21CCC(O)(C(F)(F)F)CC1. The average Bonchev–Trinajstić information content (AvgIpc) is 3.42. The minimum Gasteiger partial charge on any atom is -0.380 e. The van der Waals surface area contributed by atoms with Crippen LogP contribution < -0.4 is 10.9 Å². The second-order valence-electron chi connectivity index (χ2n) is 12.2. The number of pyridine rings is 1. The van der Waals surface area contributed by atoms with Crippen molar-refractivity contribution < 1.29 is 27.9 Å². The maximum absolute atomic E-state index is 14.0. The standard InChI is InChI=1S/C29H30F3N5O4S/c1-15-11-18(26(40)37-22(15)19(38)13-27(37)5-7-28(41,8-6-27)29(30,31)32)35-23-21-17-4-3-16(25(39)36-9-2-10-36)12-20(17)42-24(21)34-14-33-23/h11,14,16,41H,2-10,12-13H2,1H3,(H,33,34,35)/t16-,27?,28?/m0/s1. The topological polar surface area (TPSA) is 117 Å². The van der Waals surface area contributed by atoms with Crippen LogP contribution in [0.5, 0.6) is 0 Å². The number of anilines is 2. The fourth-order valence-electron chi connectivity index (χ4n) is 7.24. The highest BCUT2D eigenvalue weighted by molar-refractivity contribution is 7.19. The van der Waals surface area contributed by atoms with E-state index in [1.165, 1.54) is 22.2 Å². The van der Waals surface area contributed by atoms with Crippen molar-refractivity contribution in [3.63, 3.8) is 0 Å². The minimum absolute atomic E-state index is 0.0570. The number of rotatable bonds is 3. The predicted octanol–water partition coefficient (Wildman–Crippen LogP) is 4.39. The maximum atomic E-state index is 14.0. The number of nitrogens with zero attached hydrogens (tertiary/aromatic N) is 4. The summed E-state index contributed by atoms with van der Waals surface area (Å²) in [6, 6.07) is 1.59. The van der Waals surface area contributed by atoms with Crippen molar-refractivity contribution in [3.05, 3.63) is 44.4 Å². The van der Waals surface area contributed by atoms with Crippen molar-refractivity contribution in [2.75, 3.05) is 18.4 Å². The maximum Gasteiger partial charge on any atom is 0.417 e. The van der Waals surface area contributed by atoms with E-state index in [1.807, 2.05) is 4.90 Å². The van der Waals surface area contributed by atoms with Gasteiger partial charge in [-0.1, -0.05) is 0 Å². The number of aliphatic hydroxyl groups is 1. The van der Waals surface area contributed by atoms with Crippen molar-refractivity contribution in [2.45, 2.75) is 82.0 Å². The van der Waals surface area contributed by atoms with Crippen molar-refractivity contribution in [1.29, 1.82) is 0 Å². The molecular formula is C29H30F3N5O4S. The zero-order valence-electron chi connectivity index (χ0n) is 23.0. The number of likely N-dealkylation sites (tertiary alicyclic amines) is 1. The number of carbonyl (C=O) groups excluding carboxylic acids is 2. The molecule has 0 bridgehead atoms. The summed E-state index contributed by atoms with van der Waals surface area (Å²) in [4.78, 5) is 52.6. The van der Waals surface area contributed by atoms with Crippen LogP contribution in [0.3, 0.4) is 0 Å². The lowest BCUT2D eigenvalue weighted by Gasteiger charge is -2.43. The molecule has 1 amide bonds. The Labute approximate surface area is 242 Å². The first-order valence-corrected chi connectivity index (χ1v) is 15.1. The highest BCUT2D eigenvalue weighted by Crippen LogP contribution is 2.51. The van der Waals surface area contributed by atoms with Crippen molar-refractivity contribution in [2.24, 2.45) is 5.92 Å². The van der Waals surface area contributed by atoms with Crippen molar-refractivity contribution in [3.8, 4) is 0 Å². The molecule has 2 aliphatic heterocycles. The molecular weight excluding hydrogens is 571 g/mol. The number of ketones is 1. The molecule has 3 aromatic rings. The molecule has 0 radical (unpaired) electrons. The first-order chi connectivity index (χ1) is 19.9. The molecule has 1 saturated carbocycles. The summed E-state index contributed by atoms with van der Waals surface area (Å²) in [6.45, 7) is 3.35. The fourth-order valence-corrected chi connectivity index (χ4v) is 8.51. The number of aromatic nitrogens is 3. The number of thiophene rings is 1. The number of nitrogens with one attached hydrogen (secondary N) is 1. The van der Waals surface area contributed by atoms with E-state index in [1.54, 1.807) is 13.0 Å². The lowest BCUT2D eigenvalue weighted by molar-refractivity contribution is -0.274. The number of alkyl halides is 3. The second-order valence-corrected chi connectivity index (χ2v) is 13.3. The Kier molecular flexibility index (Phi) is 6.12. The van der Waals surface area contributed by atoms with Gasteiger partial charge in [-0.2, -0.15) is 13.2 Å². The average molecular weight is 602 g/mol. The summed E-state index contributed by atoms with van der Waals surface area (Å²) in [6.07, 6.45) is -1.81. The van der Waals surface area contributed by atoms with Gasteiger partial charge in [-0.05, 0) is 75.5 Å². The number of Topliss-reactive ketones (excluding diaryl/α,β-unsaturated/α-hetero) is 1. The quantitative estimate of drug-likeness (QED) is 0.457. The van der Waals surface area contributed by atoms with Gasteiger partial charge < -0.3 is 15.3 Å². The number of halogens is 3. The number of hydrogen-bond donors (Lipinski definition) is 2. The molecule has 1 atom stereocenters. The van der Waals surface area contributed by atoms with Crippen LogP contribution in [0.1, 0.15) is 71.4 Å². The molecule has 222 valence electrons. The number of fused-ring (bicyclic) bond motifs is 5. The largest absolute Gasteiger partial charge is 0.417 e. The van der Waals surface area contributed by atoms with Gasteiger partial charge in [0.25, 0.3) is 5.56 Å². The van der Waals surface area contributed by atoms with Gasteiger partial charge in [-0.15, -0.1) is 11.3 Å². The molecule has 0 aromatic carbocycles. The van der Waals surface area contributed by atoms with Gasteiger partial charge in [0.15, 0.2) is 11.4 Å². The van der Waals surface area contributed by atoms with Crippen LogP contribution in [-0.2, 0) is 23.2 Å². The third kappa shape index (κ3) is 4.03. The third-order valence-electron chi connectivity index (χ3n) is 9.77. The molecule has 7 rings (SSSR count). The van der Waals surface area contributed by atoms with E-state index in [-0.39, 0.29) is 48.3 Å². The number of aryl methyl sites for hydroxylation is 2. The van der Waals surface area contributed by atoms with E-state index >= 15 is 0 Å². The fraction of sp³-hybridized carbons (Fsp3) is 0.552. The highest BCUT2D eigenvalue weighted by atomic mass is 32.1. The number of carbonyl (C=O) groups is 2. The lowest BCUT2D eigenvalue weighted by atomic mass is 9.72. The van der Waals surface area contributed by atoms with Crippen LogP contribution in [0, 0.1) is 12.8 Å². The van der Waals surface area contributed by atoms with Crippen LogP contribution in [0.25, 0.3) is 10.2 Å². The third-order valence-corrected chi connectivity index (χ3v) is 10.9. The van der Waals surface area contributed by atoms with Gasteiger partial charge in [0, 0.05) is 30.3 Å². The van der Waals surface area contributed by atoms with Gasteiger partial charge in [0.1, 0.15) is 22.7 Å². The number of amides is 1. The molecule has 0 unspecified atom stereocenters. The molecule has 42 heavy (non-hydrogen) atoms. The Hall–Kier alpha value is -3.32. The van der Waals surface area contributed by atoms with Gasteiger partial charge in [-0.3, -0.25) is 19.0 Å². The van der Waals surface area contributed by atoms with Crippen LogP contribution >= 0.6 is 11.3 Å². The molecule has 5 heterocycles. The second kappa shape index (κ2) is 9.34. The zero-order valence-corrected chi connectivity index (χ0v) is 23.8. The summed E-state index contributed by atoms with van der Waals surface area (Å²) in [5.41, 5.74) is -2.47. The van der Waals surface area contributed by atoms with Crippen LogP contribution in [-0.4, -0.2) is 61.1 Å². The Morgan fingerprint density at radius 1 is 1.17 bits per heavy atom. The van der Waals surface area contributed by atoms with E-state index in [9.17, 15) is 32.7 Å². The molecule has 3 aromatic heterocycles. The molecule has 2 fully saturated rings. The Bertz CT molecular complexity index is 1700. The Morgan fingerprint density at radius 2 is 1.90 bits per heavy atom. The Balaban J connectivity index is 1.23. The zero-order chi connectivity index (χ0) is 29.6. The summed E-state index contributed by atoms with van der Waals surface area (Å²) in [5, 5.41) is 14.2. The summed E-state index contributed by atoms with van der Waals surface area (Å²) in [7, 11) is 0. The molecule has 9 nitrogen and oxygen atoms in total. The summed E-state index contributed by atoms with van der Waals surface area (Å²) in [5.74, 6) is 0.302. The highest BCUT2D eigenvalue weighted by Gasteiger charge is 2.59. The molecule has 1 spiro atoms. The van der Waals surface area contributed by atoms with E-state index in [0.717, 1.165) is 46.6 Å². The van der Waals surface area contributed by atoms with Gasteiger partial charge >= 0.3 is 6.18 Å². The van der Waals surface area contributed by atoms with Crippen molar-refractivity contribution in [1.82, 2.24) is 19.4 Å². The van der Waals surface area contributed by atoms with Crippen LogP contribution in [0.2, 0.25) is 0 Å². The monoisotopic (exact) mass is 601 g/mol. The summed E-state index contributed by atoms with van der Waals surface area (Å²) < 4.78 is 42.0. The first kappa shape index (κ1) is 27.5. The molecule has 2 N–H and O–H groups in total. The number of hydrogen-bond acceptors (Lipinski definition) is 8. The van der Waals surface area contributed by atoms with Crippen LogP contribution in [0.4, 0.5) is 24.7 Å². The van der Waals surface area contributed by atoms with Gasteiger partial charge in [0.05, 0.1) is 16.6 Å².